The summed E-state index contributed by atoms with van der Waals surface area (Å²) in [5, 5.41) is 0. The minimum Gasteiger partial charge on any atom is -0.0845 e. The largest absolute Gasteiger partial charge is 0.0845 e. The van der Waals surface area contributed by atoms with Crippen LogP contribution in [0.5, 0.6) is 0 Å². The van der Waals surface area contributed by atoms with E-state index < -0.39 is 0 Å². The Morgan fingerprint density at radius 2 is 0.778 bits per heavy atom. The highest BCUT2D eigenvalue weighted by Gasteiger charge is 1.79. The molecule has 0 bridgehead atoms. The molecule has 0 fully saturated rings. The summed E-state index contributed by atoms with van der Waals surface area (Å²) in [4.78, 5) is 0. The highest BCUT2D eigenvalue weighted by Crippen LogP contribution is 1.99. The predicted octanol–water partition coefficient (Wildman–Crippen LogP) is 8.12. The van der Waals surface area contributed by atoms with Gasteiger partial charge in [0.2, 0.25) is 0 Å². The molecule has 141 valence electrons. The van der Waals surface area contributed by atoms with Crippen molar-refractivity contribution in [2.24, 2.45) is 0 Å². The van der Waals surface area contributed by atoms with Crippen LogP contribution < -0.4 is 0 Å². The Morgan fingerprint density at radius 3 is 1.11 bits per heavy atom. The first-order chi connectivity index (χ1) is 13.4. The van der Waals surface area contributed by atoms with Gasteiger partial charge >= 0.3 is 0 Å². The van der Waals surface area contributed by atoms with Crippen molar-refractivity contribution in [3.63, 3.8) is 0 Å². The summed E-state index contributed by atoms with van der Waals surface area (Å²) in [6.45, 7) is 7.45. The zero-order valence-corrected chi connectivity index (χ0v) is 16.5. The Bertz CT molecular complexity index is 623. The van der Waals surface area contributed by atoms with Gasteiger partial charge in [0.25, 0.3) is 0 Å². The molecule has 0 amide bonds. The third-order valence-electron chi connectivity index (χ3n) is 3.22. The minimum absolute atomic E-state index is 1.18. The van der Waals surface area contributed by atoms with Crippen LogP contribution >= 0.6 is 0 Å². The van der Waals surface area contributed by atoms with Gasteiger partial charge in [-0.25, -0.2) is 0 Å². The van der Waals surface area contributed by atoms with Crippen molar-refractivity contribution < 1.29 is 0 Å². The lowest BCUT2D eigenvalue weighted by molar-refractivity contribution is 0.729. The van der Waals surface area contributed by atoms with Gasteiger partial charge in [-0.05, 0) is 12.8 Å². The Kier molecular flexibility index (Phi) is 20.7. The zero-order valence-electron chi connectivity index (χ0n) is 16.5. The highest BCUT2D eigenvalue weighted by molar-refractivity contribution is 5.22. The number of unbranched alkanes of at least 4 members (excludes halogenated alkanes) is 3. The molecular formula is C27H33. The van der Waals surface area contributed by atoms with E-state index in [0.717, 1.165) is 0 Å². The van der Waals surface area contributed by atoms with Gasteiger partial charge < -0.3 is 0 Å². The molecule has 0 heteroatoms. The van der Waals surface area contributed by atoms with Crippen molar-refractivity contribution in [1.82, 2.24) is 0 Å². The van der Waals surface area contributed by atoms with E-state index >= 15 is 0 Å². The molecule has 0 aliphatic rings. The summed E-state index contributed by atoms with van der Waals surface area (Å²) in [6, 6.07) is 0. The molecule has 1 radical (unpaired) electrons. The monoisotopic (exact) mass is 357 g/mol. The van der Waals surface area contributed by atoms with Gasteiger partial charge in [-0.1, -0.05) is 154 Å². The van der Waals surface area contributed by atoms with Crippen LogP contribution in [0.2, 0.25) is 0 Å². The lowest BCUT2D eigenvalue weighted by Crippen LogP contribution is -1.69. The summed E-state index contributed by atoms with van der Waals surface area (Å²) in [6.07, 6.45) is 46.6. The summed E-state index contributed by atoms with van der Waals surface area (Å²) in [7, 11) is 0. The summed E-state index contributed by atoms with van der Waals surface area (Å²) in [5.41, 5.74) is 0. The molecule has 0 spiro atoms. The van der Waals surface area contributed by atoms with Gasteiger partial charge in [-0.3, -0.25) is 0 Å². The molecule has 0 aromatic heterocycles. The third kappa shape index (κ3) is 23.1. The average molecular weight is 358 g/mol. The standard InChI is InChI=1S/C27H33/c1-3-5-7-9-11-13-15-17-19-21-23-25-27-26-24-22-20-18-16-14-12-10-8-6-4-2/h1,3,5,7,9,11-27H,4,6,8,10H2,2H3/b3-1?,7-5+,11-9+,14-12+,15-13+,18-16+,19-17+,22-20+,23-21+,26-24+,27-25+. The second-order valence-corrected chi connectivity index (χ2v) is 5.58. The number of hydrogen-bond donors (Lipinski definition) is 0. The van der Waals surface area contributed by atoms with Gasteiger partial charge in [-0.15, -0.1) is 0 Å². The van der Waals surface area contributed by atoms with Crippen molar-refractivity contribution in [1.29, 1.82) is 0 Å². The van der Waals surface area contributed by atoms with Gasteiger partial charge in [0, 0.05) is 0 Å². The molecule has 0 N–H and O–H groups in total. The highest BCUT2D eigenvalue weighted by atomic mass is 13.9. The fourth-order valence-corrected chi connectivity index (χ4v) is 1.84. The molecule has 0 unspecified atom stereocenters. The van der Waals surface area contributed by atoms with Crippen molar-refractivity contribution in [2.75, 3.05) is 0 Å². The van der Waals surface area contributed by atoms with Crippen molar-refractivity contribution in [3.8, 4) is 0 Å². The van der Waals surface area contributed by atoms with E-state index in [9.17, 15) is 0 Å². The Balaban J connectivity index is 3.85. The van der Waals surface area contributed by atoms with Gasteiger partial charge in [0.1, 0.15) is 0 Å². The molecule has 27 heavy (non-hydrogen) atoms. The molecule has 0 rings (SSSR count). The van der Waals surface area contributed by atoms with Gasteiger partial charge in [-0.2, -0.15) is 0 Å². The number of hydrogen-bond acceptors (Lipinski definition) is 0. The lowest BCUT2D eigenvalue weighted by Gasteiger charge is -1.89. The summed E-state index contributed by atoms with van der Waals surface area (Å²) < 4.78 is 0. The molecule has 0 aliphatic heterocycles. The molecule has 0 heterocycles. The van der Waals surface area contributed by atoms with E-state index in [0.29, 0.717) is 0 Å². The van der Waals surface area contributed by atoms with Gasteiger partial charge in [0.15, 0.2) is 0 Å². The topological polar surface area (TPSA) is 0 Å². The van der Waals surface area contributed by atoms with E-state index in [2.05, 4.69) is 25.2 Å². The van der Waals surface area contributed by atoms with Crippen molar-refractivity contribution in [3.05, 3.63) is 134 Å². The van der Waals surface area contributed by atoms with E-state index in [1.807, 2.05) is 97.2 Å². The first-order valence-corrected chi connectivity index (χ1v) is 9.62. The van der Waals surface area contributed by atoms with E-state index in [4.69, 9.17) is 6.58 Å². The molecule has 0 aromatic carbocycles. The quantitative estimate of drug-likeness (QED) is 0.217. The first-order valence-electron chi connectivity index (χ1n) is 9.62. The third-order valence-corrected chi connectivity index (χ3v) is 3.22. The maximum absolute atomic E-state index is 5.22. The second-order valence-electron chi connectivity index (χ2n) is 5.58. The zero-order chi connectivity index (χ0) is 19.7. The SMILES string of the molecule is [CH]=C/C=C/C=C/C=C/C=C/C=C/C=C/C=C/C=C/C=C/C=C/CCCCC. The lowest BCUT2D eigenvalue weighted by atomic mass is 10.2. The molecular weight excluding hydrogens is 324 g/mol. The molecule has 0 atom stereocenters. The maximum Gasteiger partial charge on any atom is -0.0348 e. The average Bonchev–Trinajstić information content (AvgIpc) is 2.68. The van der Waals surface area contributed by atoms with E-state index in [1.165, 1.54) is 31.8 Å². The summed E-state index contributed by atoms with van der Waals surface area (Å²) >= 11 is 0. The summed E-state index contributed by atoms with van der Waals surface area (Å²) in [5.74, 6) is 0. The fourth-order valence-electron chi connectivity index (χ4n) is 1.84. The van der Waals surface area contributed by atoms with E-state index in [1.54, 1.807) is 6.08 Å². The minimum atomic E-state index is 1.18. The van der Waals surface area contributed by atoms with Crippen LogP contribution in [-0.4, -0.2) is 0 Å². The van der Waals surface area contributed by atoms with Crippen LogP contribution in [0, 0.1) is 6.58 Å². The molecule has 0 saturated carbocycles. The molecule has 0 aliphatic carbocycles. The first kappa shape index (κ1) is 24.1. The van der Waals surface area contributed by atoms with Crippen LogP contribution in [0.3, 0.4) is 0 Å². The predicted molar refractivity (Wildman–Crippen MR) is 124 cm³/mol. The molecule has 0 nitrogen and oxygen atoms in total. The molecule has 0 saturated heterocycles. The van der Waals surface area contributed by atoms with Crippen molar-refractivity contribution >= 4 is 0 Å². The number of rotatable bonds is 14. The Hall–Kier alpha value is -2.86. The van der Waals surface area contributed by atoms with Crippen LogP contribution in [0.4, 0.5) is 0 Å². The van der Waals surface area contributed by atoms with Crippen LogP contribution in [0.25, 0.3) is 0 Å². The normalized spacial score (nSPS) is 14.1. The van der Waals surface area contributed by atoms with Crippen LogP contribution in [-0.2, 0) is 0 Å². The van der Waals surface area contributed by atoms with Crippen molar-refractivity contribution in [2.45, 2.75) is 32.6 Å². The van der Waals surface area contributed by atoms with Crippen LogP contribution in [0.1, 0.15) is 32.6 Å². The second kappa shape index (κ2) is 23.1. The molecule has 0 aromatic rings. The van der Waals surface area contributed by atoms with Crippen LogP contribution in [0.15, 0.2) is 128 Å². The van der Waals surface area contributed by atoms with E-state index in [-0.39, 0.29) is 0 Å². The maximum atomic E-state index is 5.22. The Morgan fingerprint density at radius 1 is 0.444 bits per heavy atom. The smallest absolute Gasteiger partial charge is 0.0348 e. The number of allylic oxidation sites excluding steroid dienone is 21. The Labute approximate surface area is 167 Å². The fraction of sp³-hybridized carbons (Fsp3) is 0.185. The van der Waals surface area contributed by atoms with Gasteiger partial charge in [0.05, 0.1) is 0 Å².